The largest absolute Gasteiger partial charge is 0.461 e. The minimum absolute atomic E-state index is 0.413. The fourth-order valence-corrected chi connectivity index (χ4v) is 1.75. The molecule has 0 spiro atoms. The number of hydrogen-bond donors (Lipinski definition) is 0. The summed E-state index contributed by atoms with van der Waals surface area (Å²) in [5.41, 5.74) is 0.680. The van der Waals surface area contributed by atoms with Gasteiger partial charge in [0.05, 0.1) is 10.7 Å². The lowest BCUT2D eigenvalue weighted by atomic mass is 10.3. The van der Waals surface area contributed by atoms with E-state index in [0.29, 0.717) is 22.4 Å². The van der Waals surface area contributed by atoms with E-state index in [1.54, 1.807) is 25.3 Å². The SMILES string of the molecule is Cc1nc(Cl)cc(-c2occc2Br)n1. The van der Waals surface area contributed by atoms with Gasteiger partial charge in [-0.25, -0.2) is 9.97 Å². The topological polar surface area (TPSA) is 38.9 Å². The van der Waals surface area contributed by atoms with Gasteiger partial charge in [-0.1, -0.05) is 11.6 Å². The molecule has 0 aliphatic carbocycles. The number of aromatic nitrogens is 2. The summed E-state index contributed by atoms with van der Waals surface area (Å²) in [4.78, 5) is 8.19. The predicted octanol–water partition coefficient (Wildman–Crippen LogP) is 3.46. The highest BCUT2D eigenvalue weighted by Gasteiger charge is 2.09. The van der Waals surface area contributed by atoms with Crippen molar-refractivity contribution in [2.24, 2.45) is 0 Å². The summed E-state index contributed by atoms with van der Waals surface area (Å²) in [6, 6.07) is 3.47. The van der Waals surface area contributed by atoms with Gasteiger partial charge < -0.3 is 4.42 Å². The van der Waals surface area contributed by atoms with Crippen molar-refractivity contribution < 1.29 is 4.42 Å². The zero-order valence-corrected chi connectivity index (χ0v) is 9.63. The van der Waals surface area contributed by atoms with E-state index in [1.807, 2.05) is 0 Å². The molecule has 3 nitrogen and oxygen atoms in total. The van der Waals surface area contributed by atoms with Gasteiger partial charge in [-0.2, -0.15) is 0 Å². The van der Waals surface area contributed by atoms with Crippen LogP contribution in [-0.4, -0.2) is 9.97 Å². The third-order valence-electron chi connectivity index (χ3n) is 1.66. The molecule has 0 unspecified atom stereocenters. The zero-order chi connectivity index (χ0) is 10.1. The van der Waals surface area contributed by atoms with Crippen LogP contribution in [0, 0.1) is 6.92 Å². The quantitative estimate of drug-likeness (QED) is 0.747. The molecule has 0 atom stereocenters. The van der Waals surface area contributed by atoms with Crippen LogP contribution in [-0.2, 0) is 0 Å². The van der Waals surface area contributed by atoms with Crippen molar-refractivity contribution in [3.63, 3.8) is 0 Å². The van der Waals surface area contributed by atoms with Crippen LogP contribution in [0.2, 0.25) is 5.15 Å². The van der Waals surface area contributed by atoms with Gasteiger partial charge in [0, 0.05) is 6.07 Å². The Balaban J connectivity index is 2.57. The first-order valence-electron chi connectivity index (χ1n) is 3.91. The van der Waals surface area contributed by atoms with Gasteiger partial charge in [0.25, 0.3) is 0 Å². The molecule has 0 amide bonds. The second-order valence-corrected chi connectivity index (χ2v) is 3.96. The average molecular weight is 274 g/mol. The number of halogens is 2. The molecule has 5 heteroatoms. The second kappa shape index (κ2) is 3.71. The van der Waals surface area contributed by atoms with Crippen molar-refractivity contribution in [1.82, 2.24) is 9.97 Å². The van der Waals surface area contributed by atoms with Gasteiger partial charge >= 0.3 is 0 Å². The van der Waals surface area contributed by atoms with Crippen LogP contribution in [0.3, 0.4) is 0 Å². The lowest BCUT2D eigenvalue weighted by Gasteiger charge is -1.99. The molecule has 0 fully saturated rings. The third kappa shape index (κ3) is 1.81. The number of furan rings is 1. The number of aryl methyl sites for hydroxylation is 1. The predicted molar refractivity (Wildman–Crippen MR) is 57.2 cm³/mol. The summed E-state index contributed by atoms with van der Waals surface area (Å²) < 4.78 is 6.12. The molecule has 0 radical (unpaired) electrons. The first-order chi connectivity index (χ1) is 6.66. The van der Waals surface area contributed by atoms with Crippen LogP contribution in [0.25, 0.3) is 11.5 Å². The molecule has 0 bridgehead atoms. The van der Waals surface area contributed by atoms with E-state index in [0.717, 1.165) is 4.47 Å². The first kappa shape index (κ1) is 9.68. The van der Waals surface area contributed by atoms with E-state index >= 15 is 0 Å². The molecule has 0 N–H and O–H groups in total. The lowest BCUT2D eigenvalue weighted by Crippen LogP contribution is -1.90. The molecular weight excluding hydrogens is 267 g/mol. The van der Waals surface area contributed by atoms with Crippen LogP contribution in [0.5, 0.6) is 0 Å². The molecule has 2 aromatic heterocycles. The normalized spacial score (nSPS) is 10.5. The van der Waals surface area contributed by atoms with Gasteiger partial charge in [0.1, 0.15) is 16.7 Å². The fraction of sp³-hybridized carbons (Fsp3) is 0.111. The summed E-state index contributed by atoms with van der Waals surface area (Å²) in [7, 11) is 0. The first-order valence-corrected chi connectivity index (χ1v) is 5.08. The number of nitrogens with zero attached hydrogens (tertiary/aromatic N) is 2. The van der Waals surface area contributed by atoms with E-state index in [1.165, 1.54) is 0 Å². The molecule has 2 aromatic rings. The second-order valence-electron chi connectivity index (χ2n) is 2.72. The van der Waals surface area contributed by atoms with E-state index in [4.69, 9.17) is 16.0 Å². The van der Waals surface area contributed by atoms with Crippen LogP contribution in [0.15, 0.2) is 27.3 Å². The molecule has 72 valence electrons. The van der Waals surface area contributed by atoms with Gasteiger partial charge in [-0.05, 0) is 28.9 Å². The Hall–Kier alpha value is -0.870. The molecule has 0 aliphatic rings. The summed E-state index contributed by atoms with van der Waals surface area (Å²) in [6.45, 7) is 1.78. The number of rotatable bonds is 1. The Morgan fingerprint density at radius 3 is 2.79 bits per heavy atom. The molecule has 2 rings (SSSR count). The van der Waals surface area contributed by atoms with Crippen molar-refractivity contribution in [2.75, 3.05) is 0 Å². The zero-order valence-electron chi connectivity index (χ0n) is 7.29. The molecule has 0 saturated heterocycles. The van der Waals surface area contributed by atoms with Gasteiger partial charge in [0.2, 0.25) is 0 Å². The van der Waals surface area contributed by atoms with E-state index < -0.39 is 0 Å². The highest BCUT2D eigenvalue weighted by atomic mass is 79.9. The summed E-state index contributed by atoms with van der Waals surface area (Å²) >= 11 is 9.17. The van der Waals surface area contributed by atoms with Crippen molar-refractivity contribution >= 4 is 27.5 Å². The lowest BCUT2D eigenvalue weighted by molar-refractivity contribution is 0.578. The van der Waals surface area contributed by atoms with Crippen LogP contribution >= 0.6 is 27.5 Å². The molecule has 14 heavy (non-hydrogen) atoms. The van der Waals surface area contributed by atoms with Crippen molar-refractivity contribution in [2.45, 2.75) is 6.92 Å². The highest BCUT2D eigenvalue weighted by molar-refractivity contribution is 9.10. The molecule has 0 aromatic carbocycles. The summed E-state index contributed by atoms with van der Waals surface area (Å²) in [6.07, 6.45) is 1.59. The molecular formula is C9H6BrClN2O. The van der Waals surface area contributed by atoms with Crippen LogP contribution in [0.4, 0.5) is 0 Å². The number of hydrogen-bond acceptors (Lipinski definition) is 3. The van der Waals surface area contributed by atoms with E-state index in [2.05, 4.69) is 25.9 Å². The van der Waals surface area contributed by atoms with Gasteiger partial charge in [-0.3, -0.25) is 0 Å². The Bertz CT molecular complexity index is 449. The Kier molecular flexibility index (Phi) is 2.56. The molecule has 0 aliphatic heterocycles. The fourth-order valence-electron chi connectivity index (χ4n) is 1.12. The molecule has 0 saturated carbocycles. The van der Waals surface area contributed by atoms with E-state index in [-0.39, 0.29) is 0 Å². The summed E-state index contributed by atoms with van der Waals surface area (Å²) in [5, 5.41) is 0.413. The van der Waals surface area contributed by atoms with Crippen molar-refractivity contribution in [1.29, 1.82) is 0 Å². The Labute approximate surface area is 94.3 Å². The van der Waals surface area contributed by atoms with Crippen molar-refractivity contribution in [3.8, 4) is 11.5 Å². The Morgan fingerprint density at radius 1 is 1.43 bits per heavy atom. The monoisotopic (exact) mass is 272 g/mol. The van der Waals surface area contributed by atoms with Gasteiger partial charge in [0.15, 0.2) is 5.76 Å². The standard InChI is InChI=1S/C9H6BrClN2O/c1-5-12-7(4-8(11)13-5)9-6(10)2-3-14-9/h2-4H,1H3. The van der Waals surface area contributed by atoms with Crippen LogP contribution < -0.4 is 0 Å². The minimum atomic E-state index is 0.413. The Morgan fingerprint density at radius 2 is 2.21 bits per heavy atom. The molecule has 2 heterocycles. The van der Waals surface area contributed by atoms with Gasteiger partial charge in [-0.15, -0.1) is 0 Å². The van der Waals surface area contributed by atoms with Crippen molar-refractivity contribution in [3.05, 3.63) is 33.8 Å². The maximum absolute atomic E-state index is 5.81. The third-order valence-corrected chi connectivity index (χ3v) is 2.47. The smallest absolute Gasteiger partial charge is 0.166 e. The average Bonchev–Trinajstić information content (AvgIpc) is 2.49. The minimum Gasteiger partial charge on any atom is -0.461 e. The highest BCUT2D eigenvalue weighted by Crippen LogP contribution is 2.28. The summed E-state index contributed by atoms with van der Waals surface area (Å²) in [5.74, 6) is 1.29. The maximum Gasteiger partial charge on any atom is 0.166 e. The maximum atomic E-state index is 5.81. The van der Waals surface area contributed by atoms with E-state index in [9.17, 15) is 0 Å². The van der Waals surface area contributed by atoms with Crippen LogP contribution in [0.1, 0.15) is 5.82 Å².